The zero-order valence-electron chi connectivity index (χ0n) is 14.1. The molecular weight excluding hydrogens is 350 g/mol. The molecule has 1 N–H and O–H groups in total. The maximum atomic E-state index is 6.33. The number of anilines is 1. The van der Waals surface area contributed by atoms with Crippen LogP contribution < -0.4 is 10.1 Å². The molecule has 0 aliphatic carbocycles. The molecule has 0 fully saturated rings. The SMILES string of the molecule is COc1ccc(NCc2cc(-c3cc4ccccc4nc3Cl)no2)cc1. The van der Waals surface area contributed by atoms with Gasteiger partial charge in [0.1, 0.15) is 16.6 Å². The molecule has 4 aromatic rings. The summed E-state index contributed by atoms with van der Waals surface area (Å²) in [5, 5.41) is 8.83. The summed E-state index contributed by atoms with van der Waals surface area (Å²) in [7, 11) is 1.64. The van der Waals surface area contributed by atoms with E-state index in [0.29, 0.717) is 23.2 Å². The Hall–Kier alpha value is -3.05. The van der Waals surface area contributed by atoms with E-state index in [1.165, 1.54) is 0 Å². The molecule has 0 aliphatic heterocycles. The van der Waals surface area contributed by atoms with Crippen LogP contribution >= 0.6 is 11.6 Å². The van der Waals surface area contributed by atoms with Crippen LogP contribution in [0.15, 0.2) is 65.2 Å². The van der Waals surface area contributed by atoms with Crippen molar-refractivity contribution in [1.29, 1.82) is 0 Å². The molecule has 4 rings (SSSR count). The first-order valence-electron chi connectivity index (χ1n) is 8.12. The molecular formula is C20H16ClN3O2. The van der Waals surface area contributed by atoms with Gasteiger partial charge in [-0.15, -0.1) is 0 Å². The number of para-hydroxylation sites is 1. The second-order valence-electron chi connectivity index (χ2n) is 5.78. The highest BCUT2D eigenvalue weighted by molar-refractivity contribution is 6.32. The van der Waals surface area contributed by atoms with Crippen molar-refractivity contribution in [1.82, 2.24) is 10.1 Å². The van der Waals surface area contributed by atoms with Crippen LogP contribution in [0.3, 0.4) is 0 Å². The molecule has 5 nitrogen and oxygen atoms in total. The van der Waals surface area contributed by atoms with Crippen molar-refractivity contribution in [2.45, 2.75) is 6.54 Å². The molecule has 26 heavy (non-hydrogen) atoms. The van der Waals surface area contributed by atoms with Crippen LogP contribution in [0.5, 0.6) is 5.75 Å². The third-order valence-electron chi connectivity index (χ3n) is 4.07. The summed E-state index contributed by atoms with van der Waals surface area (Å²) in [5.41, 5.74) is 3.24. The fraction of sp³-hybridized carbons (Fsp3) is 0.100. The van der Waals surface area contributed by atoms with Gasteiger partial charge in [-0.2, -0.15) is 0 Å². The molecule has 0 aliphatic rings. The van der Waals surface area contributed by atoms with Gasteiger partial charge >= 0.3 is 0 Å². The van der Waals surface area contributed by atoms with E-state index in [9.17, 15) is 0 Å². The number of halogens is 1. The first kappa shape index (κ1) is 16.4. The molecule has 2 aromatic carbocycles. The Balaban J connectivity index is 1.53. The Bertz CT molecular complexity index is 1040. The van der Waals surface area contributed by atoms with Crippen LogP contribution in [0.25, 0.3) is 22.2 Å². The third-order valence-corrected chi connectivity index (χ3v) is 4.36. The van der Waals surface area contributed by atoms with E-state index in [4.69, 9.17) is 20.9 Å². The van der Waals surface area contributed by atoms with Crippen molar-refractivity contribution in [2.75, 3.05) is 12.4 Å². The van der Waals surface area contributed by atoms with Crippen molar-refractivity contribution in [3.63, 3.8) is 0 Å². The summed E-state index contributed by atoms with van der Waals surface area (Å²) in [6, 6.07) is 19.4. The lowest BCUT2D eigenvalue weighted by Gasteiger charge is -2.05. The molecule has 2 heterocycles. The number of fused-ring (bicyclic) bond motifs is 1. The summed E-state index contributed by atoms with van der Waals surface area (Å²) in [6.07, 6.45) is 0. The number of benzene rings is 2. The second-order valence-corrected chi connectivity index (χ2v) is 6.14. The smallest absolute Gasteiger partial charge is 0.156 e. The van der Waals surface area contributed by atoms with Gasteiger partial charge in [-0.3, -0.25) is 0 Å². The Morgan fingerprint density at radius 2 is 1.88 bits per heavy atom. The molecule has 6 heteroatoms. The number of hydrogen-bond donors (Lipinski definition) is 1. The highest BCUT2D eigenvalue weighted by Gasteiger charge is 2.12. The molecule has 0 spiro atoms. The van der Waals surface area contributed by atoms with Crippen molar-refractivity contribution >= 4 is 28.2 Å². The molecule has 0 amide bonds. The molecule has 0 saturated carbocycles. The summed E-state index contributed by atoms with van der Waals surface area (Å²) in [5.74, 6) is 1.52. The van der Waals surface area contributed by atoms with Gasteiger partial charge in [0.25, 0.3) is 0 Å². The first-order chi connectivity index (χ1) is 12.7. The van der Waals surface area contributed by atoms with Gasteiger partial charge in [0, 0.05) is 22.7 Å². The highest BCUT2D eigenvalue weighted by atomic mass is 35.5. The van der Waals surface area contributed by atoms with Crippen LogP contribution in [0.1, 0.15) is 5.76 Å². The zero-order chi connectivity index (χ0) is 17.9. The van der Waals surface area contributed by atoms with Crippen LogP contribution in [-0.4, -0.2) is 17.3 Å². The number of methoxy groups -OCH3 is 1. The van der Waals surface area contributed by atoms with Gasteiger partial charge in [0.2, 0.25) is 0 Å². The fourth-order valence-electron chi connectivity index (χ4n) is 2.69. The monoisotopic (exact) mass is 365 g/mol. The van der Waals surface area contributed by atoms with E-state index < -0.39 is 0 Å². The topological polar surface area (TPSA) is 60.2 Å². The average Bonchev–Trinajstić information content (AvgIpc) is 3.15. The molecule has 0 atom stereocenters. The maximum Gasteiger partial charge on any atom is 0.156 e. The standard InChI is InChI=1S/C20H16ClN3O2/c1-25-15-8-6-14(7-9-15)22-12-16-11-19(24-26-16)17-10-13-4-2-3-5-18(13)23-20(17)21/h2-11,22H,12H2,1H3. The Kier molecular flexibility index (Phi) is 4.46. The van der Waals surface area contributed by atoms with Crippen molar-refractivity contribution in [3.05, 3.63) is 71.6 Å². The largest absolute Gasteiger partial charge is 0.497 e. The van der Waals surface area contributed by atoms with Crippen LogP contribution in [0.2, 0.25) is 5.15 Å². The minimum atomic E-state index is 0.409. The Labute approximate surface area is 155 Å². The predicted molar refractivity (Wildman–Crippen MR) is 103 cm³/mol. The van der Waals surface area contributed by atoms with E-state index in [0.717, 1.165) is 27.9 Å². The van der Waals surface area contributed by atoms with Crippen LogP contribution in [0, 0.1) is 0 Å². The predicted octanol–water partition coefficient (Wildman–Crippen LogP) is 5.16. The number of pyridine rings is 1. The number of aromatic nitrogens is 2. The van der Waals surface area contributed by atoms with Gasteiger partial charge in [-0.25, -0.2) is 4.98 Å². The van der Waals surface area contributed by atoms with Gasteiger partial charge in [-0.05, 0) is 36.4 Å². The van der Waals surface area contributed by atoms with Crippen molar-refractivity contribution < 1.29 is 9.26 Å². The number of nitrogens with zero attached hydrogens (tertiary/aromatic N) is 2. The summed E-state index contributed by atoms with van der Waals surface area (Å²) in [4.78, 5) is 4.43. The number of ether oxygens (including phenoxy) is 1. The molecule has 0 bridgehead atoms. The Morgan fingerprint density at radius 3 is 2.69 bits per heavy atom. The van der Waals surface area contributed by atoms with Gasteiger partial charge in [-0.1, -0.05) is 35.0 Å². The van der Waals surface area contributed by atoms with Crippen molar-refractivity contribution in [3.8, 4) is 17.0 Å². The lowest BCUT2D eigenvalue weighted by atomic mass is 10.1. The molecule has 0 unspecified atom stereocenters. The molecule has 130 valence electrons. The maximum absolute atomic E-state index is 6.33. The third kappa shape index (κ3) is 3.34. The highest BCUT2D eigenvalue weighted by Crippen LogP contribution is 2.29. The lowest BCUT2D eigenvalue weighted by Crippen LogP contribution is -1.97. The van der Waals surface area contributed by atoms with Gasteiger partial charge in [0.15, 0.2) is 5.76 Å². The molecule has 2 aromatic heterocycles. The van der Waals surface area contributed by atoms with E-state index in [1.807, 2.05) is 60.7 Å². The Morgan fingerprint density at radius 1 is 1.08 bits per heavy atom. The van der Waals surface area contributed by atoms with Crippen molar-refractivity contribution in [2.24, 2.45) is 0 Å². The lowest BCUT2D eigenvalue weighted by molar-refractivity contribution is 0.390. The number of nitrogens with one attached hydrogen (secondary N) is 1. The second kappa shape index (κ2) is 7.06. The number of rotatable bonds is 5. The van der Waals surface area contributed by atoms with E-state index in [-0.39, 0.29) is 0 Å². The van der Waals surface area contributed by atoms with Crippen LogP contribution in [-0.2, 0) is 6.54 Å². The summed E-state index contributed by atoms with van der Waals surface area (Å²) in [6.45, 7) is 0.512. The summed E-state index contributed by atoms with van der Waals surface area (Å²) >= 11 is 6.33. The first-order valence-corrected chi connectivity index (χ1v) is 8.50. The van der Waals surface area contributed by atoms with E-state index in [2.05, 4.69) is 15.5 Å². The van der Waals surface area contributed by atoms with E-state index in [1.54, 1.807) is 7.11 Å². The van der Waals surface area contributed by atoms with Gasteiger partial charge in [0.05, 0.1) is 19.2 Å². The molecule has 0 saturated heterocycles. The molecule has 0 radical (unpaired) electrons. The van der Waals surface area contributed by atoms with Gasteiger partial charge < -0.3 is 14.6 Å². The minimum Gasteiger partial charge on any atom is -0.497 e. The average molecular weight is 366 g/mol. The normalized spacial score (nSPS) is 10.8. The summed E-state index contributed by atoms with van der Waals surface area (Å²) < 4.78 is 10.6. The quantitative estimate of drug-likeness (QED) is 0.495. The zero-order valence-corrected chi connectivity index (χ0v) is 14.8. The number of hydrogen-bond acceptors (Lipinski definition) is 5. The fourth-order valence-corrected chi connectivity index (χ4v) is 2.94. The van der Waals surface area contributed by atoms with E-state index >= 15 is 0 Å². The van der Waals surface area contributed by atoms with Crippen LogP contribution in [0.4, 0.5) is 5.69 Å². The minimum absolute atomic E-state index is 0.409.